The van der Waals surface area contributed by atoms with Crippen molar-refractivity contribution in [1.82, 2.24) is 0 Å². The Morgan fingerprint density at radius 1 is 1.50 bits per heavy atom. The van der Waals surface area contributed by atoms with Crippen molar-refractivity contribution in [2.24, 2.45) is 5.73 Å². The van der Waals surface area contributed by atoms with E-state index in [4.69, 9.17) is 12.2 Å². The second kappa shape index (κ2) is 5.21. The van der Waals surface area contributed by atoms with E-state index >= 15 is 0 Å². The number of hydrogen-bond donors (Lipinski definition) is 1. The molecule has 0 saturated carbocycles. The Hall–Kier alpha value is -0.490. The fourth-order valence-corrected chi connectivity index (χ4v) is 1.21. The van der Waals surface area contributed by atoms with Crippen LogP contribution in [0.5, 0.6) is 0 Å². The lowest BCUT2D eigenvalue weighted by Gasteiger charge is -2.03. The van der Waals surface area contributed by atoms with Crippen LogP contribution in [0.1, 0.15) is 11.6 Å². The molecule has 0 aliphatic heterocycles. The summed E-state index contributed by atoms with van der Waals surface area (Å²) in [6, 6.07) is 7.39. The highest BCUT2D eigenvalue weighted by Gasteiger charge is 2.00. The molecule has 3 heteroatoms. The minimum Gasteiger partial charge on any atom is -0.314 e. The van der Waals surface area contributed by atoms with Crippen LogP contribution in [-0.4, -0.2) is 0 Å². The van der Waals surface area contributed by atoms with Crippen LogP contribution in [0.15, 0.2) is 28.7 Å². The Kier molecular flexibility index (Phi) is 5.00. The molecule has 2 N–H and O–H groups in total. The number of hydrogen-bond acceptors (Lipinski definition) is 1. The first-order valence-corrected chi connectivity index (χ1v) is 4.00. The number of halogens is 2. The first-order valence-electron chi connectivity index (χ1n) is 3.21. The highest BCUT2D eigenvalue weighted by molar-refractivity contribution is 9.10. The van der Waals surface area contributed by atoms with Crippen molar-refractivity contribution in [1.29, 1.82) is 0 Å². The zero-order valence-corrected chi connectivity index (χ0v) is 8.73. The molecule has 0 bridgehead atoms. The third-order valence-electron chi connectivity index (χ3n) is 1.39. The summed E-state index contributed by atoms with van der Waals surface area (Å²) >= 11 is 3.34. The van der Waals surface area contributed by atoms with E-state index in [-0.39, 0.29) is 18.4 Å². The van der Waals surface area contributed by atoms with Gasteiger partial charge in [-0.25, -0.2) is 0 Å². The maximum atomic E-state index is 5.61. The van der Waals surface area contributed by atoms with Crippen LogP contribution < -0.4 is 5.73 Å². The standard InChI is InChI=1S/C9H8BrN.ClH/c1-2-9(11)7-4-3-5-8(10)6-7;/h1,3-6,9H,11H2;1H. The maximum Gasteiger partial charge on any atom is 0.0918 e. The van der Waals surface area contributed by atoms with Gasteiger partial charge < -0.3 is 5.73 Å². The summed E-state index contributed by atoms with van der Waals surface area (Å²) in [4.78, 5) is 0. The SMILES string of the molecule is C#CC(N)c1cccc(Br)c1.Cl. The predicted octanol–water partition coefficient (Wildman–Crippen LogP) is 2.50. The van der Waals surface area contributed by atoms with E-state index in [1.165, 1.54) is 0 Å². The highest BCUT2D eigenvalue weighted by atomic mass is 79.9. The van der Waals surface area contributed by atoms with E-state index in [0.717, 1.165) is 10.0 Å². The number of benzene rings is 1. The van der Waals surface area contributed by atoms with Gasteiger partial charge in [-0.15, -0.1) is 18.8 Å². The molecule has 0 saturated heterocycles. The summed E-state index contributed by atoms with van der Waals surface area (Å²) < 4.78 is 1.00. The van der Waals surface area contributed by atoms with Crippen LogP contribution >= 0.6 is 28.3 Å². The van der Waals surface area contributed by atoms with Crippen molar-refractivity contribution in [3.8, 4) is 12.3 Å². The Morgan fingerprint density at radius 2 is 2.17 bits per heavy atom. The number of nitrogens with two attached hydrogens (primary N) is 1. The molecule has 1 unspecified atom stereocenters. The molecule has 0 spiro atoms. The lowest BCUT2D eigenvalue weighted by molar-refractivity contribution is 0.945. The molecule has 1 nitrogen and oxygen atoms in total. The zero-order valence-electron chi connectivity index (χ0n) is 6.33. The Bertz CT molecular complexity index is 293. The predicted molar refractivity (Wildman–Crippen MR) is 57.2 cm³/mol. The highest BCUT2D eigenvalue weighted by Crippen LogP contribution is 2.15. The second-order valence-electron chi connectivity index (χ2n) is 2.20. The molecule has 1 aromatic carbocycles. The van der Waals surface area contributed by atoms with Crippen LogP contribution in [-0.2, 0) is 0 Å². The molecule has 0 amide bonds. The summed E-state index contributed by atoms with van der Waals surface area (Å²) in [5.41, 5.74) is 6.57. The van der Waals surface area contributed by atoms with Gasteiger partial charge in [0.25, 0.3) is 0 Å². The average molecular weight is 247 g/mol. The number of rotatable bonds is 1. The molecule has 0 heterocycles. The molecule has 1 rings (SSSR count). The lowest BCUT2D eigenvalue weighted by Crippen LogP contribution is -2.06. The van der Waals surface area contributed by atoms with E-state index in [9.17, 15) is 0 Å². The molecule has 0 aliphatic rings. The molecule has 64 valence electrons. The van der Waals surface area contributed by atoms with Crippen LogP contribution in [0.2, 0.25) is 0 Å². The van der Waals surface area contributed by atoms with Crippen LogP contribution in [0.3, 0.4) is 0 Å². The molecule has 1 atom stereocenters. The van der Waals surface area contributed by atoms with Gasteiger partial charge in [0.15, 0.2) is 0 Å². The van der Waals surface area contributed by atoms with Gasteiger partial charge in [0.05, 0.1) is 6.04 Å². The largest absolute Gasteiger partial charge is 0.314 e. The summed E-state index contributed by atoms with van der Waals surface area (Å²) in [6.45, 7) is 0. The minimum absolute atomic E-state index is 0. The topological polar surface area (TPSA) is 26.0 Å². The molecule has 1 aromatic rings. The van der Waals surface area contributed by atoms with E-state index < -0.39 is 0 Å². The van der Waals surface area contributed by atoms with Crippen LogP contribution in [0.4, 0.5) is 0 Å². The summed E-state index contributed by atoms with van der Waals surface area (Å²) in [5.74, 6) is 2.47. The summed E-state index contributed by atoms with van der Waals surface area (Å²) in [7, 11) is 0. The van der Waals surface area contributed by atoms with E-state index in [2.05, 4.69) is 21.9 Å². The van der Waals surface area contributed by atoms with Gasteiger partial charge in [-0.2, -0.15) is 0 Å². The quantitative estimate of drug-likeness (QED) is 0.757. The molecule has 0 aliphatic carbocycles. The van der Waals surface area contributed by atoms with Gasteiger partial charge in [0, 0.05) is 4.47 Å². The third kappa shape index (κ3) is 2.86. The normalized spacial score (nSPS) is 11.1. The molecule has 0 radical (unpaired) electrons. The average Bonchev–Trinajstić information content (AvgIpc) is 2.03. The van der Waals surface area contributed by atoms with Crippen molar-refractivity contribution < 1.29 is 0 Å². The summed E-state index contributed by atoms with van der Waals surface area (Å²) in [6.07, 6.45) is 5.16. The molecular weight excluding hydrogens is 237 g/mol. The Morgan fingerprint density at radius 3 is 2.67 bits per heavy atom. The molecule has 12 heavy (non-hydrogen) atoms. The van der Waals surface area contributed by atoms with Gasteiger partial charge in [-0.1, -0.05) is 34.0 Å². The third-order valence-corrected chi connectivity index (χ3v) is 1.88. The second-order valence-corrected chi connectivity index (χ2v) is 3.12. The molecule has 0 fully saturated rings. The van der Waals surface area contributed by atoms with Crippen molar-refractivity contribution in [2.45, 2.75) is 6.04 Å². The van der Waals surface area contributed by atoms with E-state index in [1.54, 1.807) is 0 Å². The van der Waals surface area contributed by atoms with Gasteiger partial charge in [-0.05, 0) is 17.7 Å². The van der Waals surface area contributed by atoms with Crippen LogP contribution in [0.25, 0.3) is 0 Å². The van der Waals surface area contributed by atoms with E-state index in [1.807, 2.05) is 24.3 Å². The van der Waals surface area contributed by atoms with E-state index in [0.29, 0.717) is 0 Å². The fourth-order valence-electron chi connectivity index (χ4n) is 0.796. The lowest BCUT2D eigenvalue weighted by atomic mass is 10.1. The zero-order chi connectivity index (χ0) is 8.27. The Labute approximate surface area is 86.9 Å². The van der Waals surface area contributed by atoms with Crippen molar-refractivity contribution in [3.05, 3.63) is 34.3 Å². The first kappa shape index (κ1) is 11.5. The number of terminal acetylenes is 1. The van der Waals surface area contributed by atoms with Gasteiger partial charge in [-0.3, -0.25) is 0 Å². The maximum absolute atomic E-state index is 5.61. The minimum atomic E-state index is -0.299. The molecular formula is C9H9BrClN. The first-order chi connectivity index (χ1) is 5.24. The van der Waals surface area contributed by atoms with Crippen molar-refractivity contribution in [2.75, 3.05) is 0 Å². The van der Waals surface area contributed by atoms with Crippen LogP contribution in [0, 0.1) is 12.3 Å². The van der Waals surface area contributed by atoms with Gasteiger partial charge in [0.1, 0.15) is 0 Å². The fraction of sp³-hybridized carbons (Fsp3) is 0.111. The summed E-state index contributed by atoms with van der Waals surface area (Å²) in [5, 5.41) is 0. The monoisotopic (exact) mass is 245 g/mol. The molecule has 0 aromatic heterocycles. The van der Waals surface area contributed by atoms with Gasteiger partial charge >= 0.3 is 0 Å². The smallest absolute Gasteiger partial charge is 0.0918 e. The van der Waals surface area contributed by atoms with Gasteiger partial charge in [0.2, 0.25) is 0 Å². The van der Waals surface area contributed by atoms with Crippen molar-refractivity contribution >= 4 is 28.3 Å². The Balaban J connectivity index is 0.00000121. The van der Waals surface area contributed by atoms with Crippen molar-refractivity contribution in [3.63, 3.8) is 0 Å².